The van der Waals surface area contributed by atoms with Gasteiger partial charge in [-0.1, -0.05) is 18.2 Å². The zero-order chi connectivity index (χ0) is 29.6. The fourth-order valence-electron chi connectivity index (χ4n) is 5.63. The van der Waals surface area contributed by atoms with E-state index in [1.54, 1.807) is 0 Å². The first kappa shape index (κ1) is 29.6. The van der Waals surface area contributed by atoms with Gasteiger partial charge in [0, 0.05) is 33.4 Å². The molecule has 1 aromatic heterocycles. The third-order valence-corrected chi connectivity index (χ3v) is 7.18. The highest BCUT2D eigenvalue weighted by Crippen LogP contribution is 2.48. The number of rotatable bonds is 6. The van der Waals surface area contributed by atoms with Crippen molar-refractivity contribution in [3.63, 3.8) is 0 Å². The smallest absolute Gasteiger partial charge is 0.135 e. The first-order valence-electron chi connectivity index (χ1n) is 14.8. The van der Waals surface area contributed by atoms with Crippen molar-refractivity contribution in [2.45, 2.75) is 68.0 Å². The van der Waals surface area contributed by atoms with Crippen molar-refractivity contribution >= 4 is 0 Å². The molecule has 0 amide bonds. The zero-order valence-electron chi connectivity index (χ0n) is 25.6. The normalized spacial score (nSPS) is 13.2. The molecule has 0 radical (unpaired) electrons. The highest BCUT2D eigenvalue weighted by atomic mass is 16.5. The monoisotopic (exact) mass is 567 g/mol. The summed E-state index contributed by atoms with van der Waals surface area (Å²) in [5, 5.41) is 0. The molecule has 8 bridgehead atoms. The van der Waals surface area contributed by atoms with Gasteiger partial charge in [-0.15, -0.1) is 0 Å². The van der Waals surface area contributed by atoms with E-state index in [4.69, 9.17) is 28.7 Å². The molecular weight excluding hydrogens is 526 g/mol. The molecule has 0 saturated carbocycles. The van der Waals surface area contributed by atoms with E-state index in [9.17, 15) is 0 Å². The Hall–Kier alpha value is -3.87. The van der Waals surface area contributed by atoms with Gasteiger partial charge in [0.05, 0.1) is 57.6 Å². The summed E-state index contributed by atoms with van der Waals surface area (Å²) in [5.74, 6) is 2.43. The first-order chi connectivity index (χ1) is 20.4. The number of ether oxygens (including phenoxy) is 5. The van der Waals surface area contributed by atoms with Gasteiger partial charge in [-0.05, 0) is 94.6 Å². The maximum atomic E-state index is 6.49. The molecule has 0 N–H and O–H groups in total. The molecule has 6 nitrogen and oxygen atoms in total. The summed E-state index contributed by atoms with van der Waals surface area (Å²) in [7, 11) is 0. The Morgan fingerprint density at radius 2 is 0.929 bits per heavy atom. The number of nitrogens with zero attached hydrogens (tertiary/aromatic N) is 1. The van der Waals surface area contributed by atoms with Crippen LogP contribution in [0.3, 0.4) is 0 Å². The van der Waals surface area contributed by atoms with E-state index < -0.39 is 0 Å². The van der Waals surface area contributed by atoms with Gasteiger partial charge in [0.15, 0.2) is 0 Å². The zero-order valence-corrected chi connectivity index (χ0v) is 25.6. The molecule has 42 heavy (non-hydrogen) atoms. The molecule has 6 heteroatoms. The maximum absolute atomic E-state index is 6.49. The predicted molar refractivity (Wildman–Crippen MR) is 166 cm³/mol. The summed E-state index contributed by atoms with van der Waals surface area (Å²) in [6, 6.07) is 19.0. The van der Waals surface area contributed by atoms with Gasteiger partial charge < -0.3 is 23.7 Å². The van der Waals surface area contributed by atoms with Gasteiger partial charge in [0.25, 0.3) is 0 Å². The molecule has 220 valence electrons. The third kappa shape index (κ3) is 6.45. The molecule has 5 rings (SSSR count). The Kier molecular flexibility index (Phi) is 9.45. The van der Waals surface area contributed by atoms with Gasteiger partial charge in [-0.25, -0.2) is 0 Å². The van der Waals surface area contributed by atoms with E-state index in [0.717, 1.165) is 78.7 Å². The van der Waals surface area contributed by atoms with Crippen molar-refractivity contribution in [2.75, 3.05) is 19.8 Å². The quantitative estimate of drug-likeness (QED) is 0.234. The number of hydrogen-bond acceptors (Lipinski definition) is 6. The Bertz CT molecular complexity index is 1460. The average molecular weight is 568 g/mol. The SMILES string of the molecule is CCOc1c2cc(C)cc1-c1cc(C)cc(c1OCC)-c1cc(C)cc(c1OCC)COCc1cccc(n1)COC2. The highest BCUT2D eigenvalue weighted by molar-refractivity contribution is 5.88. The molecule has 0 spiro atoms. The predicted octanol–water partition coefficient (Wildman–Crippen LogP) is 8.28. The van der Waals surface area contributed by atoms with Gasteiger partial charge in [-0.3, -0.25) is 4.98 Å². The van der Waals surface area contributed by atoms with Crippen LogP contribution >= 0.6 is 0 Å². The minimum absolute atomic E-state index is 0.386. The van der Waals surface area contributed by atoms with Crippen LogP contribution in [0.5, 0.6) is 17.2 Å². The molecule has 0 aliphatic carbocycles. The van der Waals surface area contributed by atoms with Crippen molar-refractivity contribution in [3.8, 4) is 39.5 Å². The number of benzene rings is 3. The first-order valence-corrected chi connectivity index (χ1v) is 14.8. The molecule has 2 heterocycles. The molecule has 4 aromatic rings. The highest BCUT2D eigenvalue weighted by Gasteiger charge is 2.24. The lowest BCUT2D eigenvalue weighted by Crippen LogP contribution is -2.07. The number of aromatic nitrogens is 1. The van der Waals surface area contributed by atoms with Crippen LogP contribution in [-0.2, 0) is 35.9 Å². The van der Waals surface area contributed by atoms with Crippen LogP contribution in [0, 0.1) is 20.8 Å². The number of fused-ring (bicyclic) bond motifs is 10. The third-order valence-electron chi connectivity index (χ3n) is 7.18. The summed E-state index contributed by atoms with van der Waals surface area (Å²) in [6.07, 6.45) is 0. The van der Waals surface area contributed by atoms with Crippen molar-refractivity contribution in [2.24, 2.45) is 0 Å². The van der Waals surface area contributed by atoms with E-state index in [0.29, 0.717) is 46.2 Å². The second kappa shape index (κ2) is 13.4. The van der Waals surface area contributed by atoms with Crippen LogP contribution in [0.1, 0.15) is 60.0 Å². The van der Waals surface area contributed by atoms with Gasteiger partial charge in [-0.2, -0.15) is 0 Å². The molecule has 1 aliphatic rings. The van der Waals surface area contributed by atoms with E-state index >= 15 is 0 Å². The fourth-order valence-corrected chi connectivity index (χ4v) is 5.63. The number of hydrogen-bond donors (Lipinski definition) is 0. The lowest BCUT2D eigenvalue weighted by molar-refractivity contribution is 0.0960. The molecule has 0 fully saturated rings. The fraction of sp³-hybridized carbons (Fsp3) is 0.361. The Labute approximate surface area is 249 Å². The van der Waals surface area contributed by atoms with E-state index in [2.05, 4.69) is 57.2 Å². The minimum atomic E-state index is 0.386. The molecule has 3 aromatic carbocycles. The van der Waals surface area contributed by atoms with Crippen LogP contribution in [0.25, 0.3) is 22.3 Å². The van der Waals surface area contributed by atoms with Crippen molar-refractivity contribution < 1.29 is 23.7 Å². The number of aryl methyl sites for hydroxylation is 3. The summed E-state index contributed by atoms with van der Waals surface area (Å²) < 4.78 is 31.6. The Morgan fingerprint density at radius 1 is 0.548 bits per heavy atom. The van der Waals surface area contributed by atoms with E-state index in [-0.39, 0.29) is 0 Å². The van der Waals surface area contributed by atoms with Gasteiger partial charge >= 0.3 is 0 Å². The summed E-state index contributed by atoms with van der Waals surface area (Å²) in [4.78, 5) is 4.78. The lowest BCUT2D eigenvalue weighted by atomic mass is 9.90. The van der Waals surface area contributed by atoms with Gasteiger partial charge in [0.2, 0.25) is 0 Å². The molecule has 1 aliphatic heterocycles. The molecule has 0 unspecified atom stereocenters. The van der Waals surface area contributed by atoms with Crippen molar-refractivity contribution in [1.82, 2.24) is 4.98 Å². The summed E-state index contributed by atoms with van der Waals surface area (Å²) in [6.45, 7) is 15.5. The van der Waals surface area contributed by atoms with Crippen LogP contribution in [-0.4, -0.2) is 24.8 Å². The molecule has 0 saturated heterocycles. The van der Waals surface area contributed by atoms with Crippen molar-refractivity contribution in [1.29, 1.82) is 0 Å². The Balaban J connectivity index is 1.81. The van der Waals surface area contributed by atoms with Crippen LogP contribution < -0.4 is 14.2 Å². The minimum Gasteiger partial charge on any atom is -0.493 e. The average Bonchev–Trinajstić information content (AvgIpc) is 2.96. The van der Waals surface area contributed by atoms with Gasteiger partial charge in [0.1, 0.15) is 17.2 Å². The molecular formula is C36H41NO5. The Morgan fingerprint density at radius 3 is 1.36 bits per heavy atom. The van der Waals surface area contributed by atoms with Crippen molar-refractivity contribution in [3.05, 3.63) is 93.8 Å². The maximum Gasteiger partial charge on any atom is 0.135 e. The summed E-state index contributed by atoms with van der Waals surface area (Å²) in [5.41, 5.74) is 11.0. The second-order valence-corrected chi connectivity index (χ2v) is 10.7. The topological polar surface area (TPSA) is 59.0 Å². The van der Waals surface area contributed by atoms with Crippen LogP contribution in [0.2, 0.25) is 0 Å². The van der Waals surface area contributed by atoms with Crippen LogP contribution in [0.4, 0.5) is 0 Å². The van der Waals surface area contributed by atoms with Crippen LogP contribution in [0.15, 0.2) is 54.6 Å². The molecule has 0 atom stereocenters. The summed E-state index contributed by atoms with van der Waals surface area (Å²) >= 11 is 0. The standard InChI is InChI=1S/C36H41NO5/c1-7-40-34-26-13-23(4)15-30(34)32-17-25(6)18-33(36(32)42-9-3)31-16-24(5)14-27(35(31)41-8-2)20-39-22-29-12-10-11-28(37-29)21-38-19-26/h10-18H,7-9,19-22H2,1-6H3. The van der Waals surface area contributed by atoms with E-state index in [1.807, 2.05) is 39.0 Å². The number of pyridine rings is 1. The second-order valence-electron chi connectivity index (χ2n) is 10.7. The lowest BCUT2D eigenvalue weighted by Gasteiger charge is -2.23. The largest absolute Gasteiger partial charge is 0.493 e. The van der Waals surface area contributed by atoms with E-state index in [1.165, 1.54) is 0 Å².